The van der Waals surface area contributed by atoms with Gasteiger partial charge in [-0.25, -0.2) is 0 Å². The van der Waals surface area contributed by atoms with Gasteiger partial charge in [0.2, 0.25) is 5.91 Å². The van der Waals surface area contributed by atoms with Crippen LogP contribution in [0, 0.1) is 5.41 Å². The van der Waals surface area contributed by atoms with Crippen LogP contribution in [0.25, 0.3) is 22.0 Å². The SMILES string of the molecule is CNC(=O)[C@]1(Cc2ccccc2-c2ccccc2)CCN(C(=O)c2cccc3ncccc23)C1. The van der Waals surface area contributed by atoms with Crippen molar-refractivity contribution in [2.75, 3.05) is 20.1 Å². The Morgan fingerprint density at radius 2 is 1.74 bits per heavy atom. The fourth-order valence-corrected chi connectivity index (χ4v) is 5.12. The Kier molecular flexibility index (Phi) is 5.84. The van der Waals surface area contributed by atoms with Crippen molar-refractivity contribution >= 4 is 22.7 Å². The van der Waals surface area contributed by atoms with Gasteiger partial charge in [-0.3, -0.25) is 14.6 Å². The second-order valence-electron chi connectivity index (χ2n) is 8.91. The predicted octanol–water partition coefficient (Wildman–Crippen LogP) is 4.72. The van der Waals surface area contributed by atoms with Crippen LogP contribution in [0.2, 0.25) is 0 Å². The Balaban J connectivity index is 1.47. The summed E-state index contributed by atoms with van der Waals surface area (Å²) < 4.78 is 0. The predicted molar refractivity (Wildman–Crippen MR) is 134 cm³/mol. The Morgan fingerprint density at radius 3 is 2.56 bits per heavy atom. The Hall–Kier alpha value is -3.99. The van der Waals surface area contributed by atoms with E-state index in [0.29, 0.717) is 31.5 Å². The highest BCUT2D eigenvalue weighted by atomic mass is 16.2. The Bertz CT molecular complexity index is 1350. The molecule has 3 aromatic carbocycles. The van der Waals surface area contributed by atoms with Crippen LogP contribution in [-0.4, -0.2) is 41.8 Å². The number of fused-ring (bicyclic) bond motifs is 1. The highest BCUT2D eigenvalue weighted by Gasteiger charge is 2.46. The van der Waals surface area contributed by atoms with Gasteiger partial charge in [-0.15, -0.1) is 0 Å². The van der Waals surface area contributed by atoms with E-state index < -0.39 is 5.41 Å². The molecule has 4 aromatic rings. The van der Waals surface area contributed by atoms with E-state index in [2.05, 4.69) is 34.6 Å². The average molecular weight is 450 g/mol. The number of hydrogen-bond acceptors (Lipinski definition) is 3. The van der Waals surface area contributed by atoms with Crippen molar-refractivity contribution in [2.45, 2.75) is 12.8 Å². The molecule has 1 aliphatic rings. The molecule has 5 heteroatoms. The largest absolute Gasteiger partial charge is 0.359 e. The van der Waals surface area contributed by atoms with Gasteiger partial charge in [0.15, 0.2) is 0 Å². The van der Waals surface area contributed by atoms with E-state index in [0.717, 1.165) is 27.6 Å². The zero-order valence-electron chi connectivity index (χ0n) is 19.2. The monoisotopic (exact) mass is 449 g/mol. The van der Waals surface area contributed by atoms with Crippen molar-refractivity contribution in [3.8, 4) is 11.1 Å². The van der Waals surface area contributed by atoms with Crippen LogP contribution >= 0.6 is 0 Å². The summed E-state index contributed by atoms with van der Waals surface area (Å²) in [5, 5.41) is 3.70. The van der Waals surface area contributed by atoms with Gasteiger partial charge in [-0.05, 0) is 47.7 Å². The van der Waals surface area contributed by atoms with Gasteiger partial charge in [0.05, 0.1) is 10.9 Å². The van der Waals surface area contributed by atoms with E-state index in [1.807, 2.05) is 65.6 Å². The van der Waals surface area contributed by atoms with Crippen LogP contribution in [-0.2, 0) is 11.2 Å². The van der Waals surface area contributed by atoms with Crippen LogP contribution in [0.15, 0.2) is 91.1 Å². The molecule has 1 aromatic heterocycles. The van der Waals surface area contributed by atoms with Gasteiger partial charge in [0.25, 0.3) is 5.91 Å². The molecular formula is C29H27N3O2. The Labute approximate surface area is 199 Å². The molecule has 0 bridgehead atoms. The summed E-state index contributed by atoms with van der Waals surface area (Å²) in [4.78, 5) is 33.0. The smallest absolute Gasteiger partial charge is 0.254 e. The lowest BCUT2D eigenvalue weighted by Gasteiger charge is -2.29. The molecule has 170 valence electrons. The number of carbonyl (C=O) groups is 2. The quantitative estimate of drug-likeness (QED) is 0.479. The summed E-state index contributed by atoms with van der Waals surface area (Å²) in [5.41, 5.74) is 4.10. The van der Waals surface area contributed by atoms with Gasteiger partial charge in [0.1, 0.15) is 0 Å². The maximum Gasteiger partial charge on any atom is 0.254 e. The highest BCUT2D eigenvalue weighted by molar-refractivity contribution is 6.06. The summed E-state index contributed by atoms with van der Waals surface area (Å²) in [5.74, 6) is -0.0778. The molecule has 0 spiro atoms. The molecule has 1 atom stereocenters. The molecule has 5 rings (SSSR count). The summed E-state index contributed by atoms with van der Waals surface area (Å²) in [7, 11) is 1.67. The number of pyridine rings is 1. The van der Waals surface area contributed by atoms with Crippen LogP contribution in [0.5, 0.6) is 0 Å². The van der Waals surface area contributed by atoms with Crippen LogP contribution in [0.1, 0.15) is 22.3 Å². The van der Waals surface area contributed by atoms with E-state index in [9.17, 15) is 9.59 Å². The zero-order valence-corrected chi connectivity index (χ0v) is 19.2. The fraction of sp³-hybridized carbons (Fsp3) is 0.207. The fourth-order valence-electron chi connectivity index (χ4n) is 5.12. The van der Waals surface area contributed by atoms with E-state index in [1.165, 1.54) is 0 Å². The second-order valence-corrected chi connectivity index (χ2v) is 8.91. The molecule has 0 unspecified atom stereocenters. The first kappa shape index (κ1) is 21.8. The number of nitrogens with one attached hydrogen (secondary N) is 1. The maximum atomic E-state index is 13.6. The summed E-state index contributed by atoms with van der Waals surface area (Å²) in [6.45, 7) is 0.918. The van der Waals surface area contributed by atoms with Crippen molar-refractivity contribution < 1.29 is 9.59 Å². The molecule has 1 aliphatic heterocycles. The van der Waals surface area contributed by atoms with Crippen LogP contribution in [0.4, 0.5) is 0 Å². The van der Waals surface area contributed by atoms with Crippen LogP contribution in [0.3, 0.4) is 0 Å². The van der Waals surface area contributed by atoms with Gasteiger partial charge in [-0.2, -0.15) is 0 Å². The van der Waals surface area contributed by atoms with Crippen molar-refractivity contribution in [3.05, 3.63) is 102 Å². The summed E-state index contributed by atoms with van der Waals surface area (Å²) in [6.07, 6.45) is 2.91. The maximum absolute atomic E-state index is 13.6. The number of rotatable bonds is 5. The highest BCUT2D eigenvalue weighted by Crippen LogP contribution is 2.38. The number of amides is 2. The molecule has 0 aliphatic carbocycles. The third-order valence-corrected chi connectivity index (χ3v) is 6.86. The van der Waals surface area contributed by atoms with E-state index in [1.54, 1.807) is 13.2 Å². The number of aromatic nitrogens is 1. The van der Waals surface area contributed by atoms with E-state index in [4.69, 9.17) is 0 Å². The van der Waals surface area contributed by atoms with Crippen molar-refractivity contribution in [2.24, 2.45) is 5.41 Å². The van der Waals surface area contributed by atoms with Crippen molar-refractivity contribution in [1.29, 1.82) is 0 Å². The third kappa shape index (κ3) is 3.94. The number of hydrogen-bond donors (Lipinski definition) is 1. The minimum Gasteiger partial charge on any atom is -0.359 e. The third-order valence-electron chi connectivity index (χ3n) is 6.86. The first-order valence-electron chi connectivity index (χ1n) is 11.6. The molecule has 0 radical (unpaired) electrons. The molecule has 34 heavy (non-hydrogen) atoms. The number of likely N-dealkylation sites (tertiary alicyclic amines) is 1. The zero-order chi connectivity index (χ0) is 23.5. The first-order valence-corrected chi connectivity index (χ1v) is 11.6. The Morgan fingerprint density at radius 1 is 0.941 bits per heavy atom. The molecule has 2 amide bonds. The summed E-state index contributed by atoms with van der Waals surface area (Å²) >= 11 is 0. The minimum atomic E-state index is -0.682. The molecule has 5 nitrogen and oxygen atoms in total. The minimum absolute atomic E-state index is 0.0229. The van der Waals surface area contributed by atoms with Gasteiger partial charge < -0.3 is 10.2 Å². The lowest BCUT2D eigenvalue weighted by Crippen LogP contribution is -2.44. The van der Waals surface area contributed by atoms with E-state index >= 15 is 0 Å². The van der Waals surface area contributed by atoms with Gasteiger partial charge >= 0.3 is 0 Å². The molecule has 1 fully saturated rings. The molecule has 2 heterocycles. The molecule has 0 saturated carbocycles. The molecule has 1 saturated heterocycles. The normalized spacial score (nSPS) is 17.6. The van der Waals surface area contributed by atoms with Crippen molar-refractivity contribution in [3.63, 3.8) is 0 Å². The number of benzene rings is 3. The summed E-state index contributed by atoms with van der Waals surface area (Å²) in [6, 6.07) is 27.8. The van der Waals surface area contributed by atoms with Crippen molar-refractivity contribution in [1.82, 2.24) is 15.2 Å². The lowest BCUT2D eigenvalue weighted by atomic mass is 9.78. The molecule has 1 N–H and O–H groups in total. The van der Waals surface area contributed by atoms with E-state index in [-0.39, 0.29) is 11.8 Å². The lowest BCUT2D eigenvalue weighted by molar-refractivity contribution is -0.129. The molecular weight excluding hydrogens is 422 g/mol. The van der Waals surface area contributed by atoms with Gasteiger partial charge in [-0.1, -0.05) is 66.7 Å². The first-order chi connectivity index (χ1) is 16.6. The number of nitrogens with zero attached hydrogens (tertiary/aromatic N) is 2. The average Bonchev–Trinajstić information content (AvgIpc) is 3.33. The second kappa shape index (κ2) is 9.10. The van der Waals surface area contributed by atoms with Gasteiger partial charge in [0, 0.05) is 37.3 Å². The standard InChI is InChI=1S/C29H27N3O2/c1-30-28(34)29(19-22-11-5-6-12-23(22)21-9-3-2-4-10-21)16-18-32(20-29)27(33)25-13-7-15-26-24(25)14-8-17-31-26/h2-15,17H,16,18-20H2,1H3,(H,30,34)/t29-/m0/s1. The topological polar surface area (TPSA) is 62.3 Å². The number of carbonyl (C=O) groups excluding carboxylic acids is 2. The van der Waals surface area contributed by atoms with Crippen LogP contribution < -0.4 is 5.32 Å².